The summed E-state index contributed by atoms with van der Waals surface area (Å²) < 4.78 is 10.5. The molecular weight excluding hydrogens is 332 g/mol. The number of piperidine rings is 1. The molecule has 0 radical (unpaired) electrons. The molecule has 1 saturated heterocycles. The molecule has 0 aromatic carbocycles. The van der Waals surface area contributed by atoms with E-state index in [2.05, 4.69) is 10.1 Å². The monoisotopic (exact) mass is 356 g/mol. The summed E-state index contributed by atoms with van der Waals surface area (Å²) in [6.45, 7) is 1.58. The van der Waals surface area contributed by atoms with Gasteiger partial charge in [-0.05, 0) is 37.3 Å². The minimum Gasteiger partial charge on any atom is -0.375 e. The van der Waals surface area contributed by atoms with Crippen LogP contribution in [0.15, 0.2) is 29.0 Å². The maximum atomic E-state index is 12.1. The van der Waals surface area contributed by atoms with Gasteiger partial charge in [0.05, 0.1) is 0 Å². The average Bonchev–Trinajstić information content (AvgIpc) is 3.34. The van der Waals surface area contributed by atoms with Crippen LogP contribution < -0.4 is 0 Å². The van der Waals surface area contributed by atoms with Crippen molar-refractivity contribution in [1.29, 1.82) is 0 Å². The highest BCUT2D eigenvalue weighted by atomic mass is 16.5. The fourth-order valence-corrected chi connectivity index (χ4v) is 3.84. The fourth-order valence-electron chi connectivity index (χ4n) is 3.84. The van der Waals surface area contributed by atoms with E-state index >= 15 is 0 Å². The van der Waals surface area contributed by atoms with Crippen LogP contribution in [-0.4, -0.2) is 52.7 Å². The molecule has 2 aromatic rings. The van der Waals surface area contributed by atoms with Gasteiger partial charge in [0.2, 0.25) is 5.91 Å². The summed E-state index contributed by atoms with van der Waals surface area (Å²) in [5, 5.41) is 4.34. The lowest BCUT2D eigenvalue weighted by atomic mass is 9.73. The molecular formula is C19H24N4O3. The molecule has 1 amide bonds. The number of rotatable bonds is 6. The number of ether oxygens (including phenoxy) is 1. The molecule has 0 bridgehead atoms. The van der Waals surface area contributed by atoms with Gasteiger partial charge in [0.25, 0.3) is 5.89 Å². The van der Waals surface area contributed by atoms with Gasteiger partial charge in [0, 0.05) is 43.6 Å². The van der Waals surface area contributed by atoms with E-state index in [4.69, 9.17) is 14.2 Å². The zero-order chi connectivity index (χ0) is 18.0. The topological polar surface area (TPSA) is 81.4 Å². The number of carbonyl (C=O) groups excluding carboxylic acids is 1. The van der Waals surface area contributed by atoms with Crippen LogP contribution in [0.25, 0.3) is 11.5 Å². The van der Waals surface area contributed by atoms with E-state index in [0.29, 0.717) is 19.0 Å². The Morgan fingerprint density at radius 1 is 1.31 bits per heavy atom. The van der Waals surface area contributed by atoms with Crippen LogP contribution >= 0.6 is 0 Å². The van der Waals surface area contributed by atoms with Gasteiger partial charge in [-0.3, -0.25) is 9.78 Å². The second kappa shape index (κ2) is 7.15. The van der Waals surface area contributed by atoms with Gasteiger partial charge in [-0.1, -0.05) is 18.0 Å². The number of pyridine rings is 1. The van der Waals surface area contributed by atoms with Gasteiger partial charge in [0.15, 0.2) is 5.82 Å². The summed E-state index contributed by atoms with van der Waals surface area (Å²) in [6, 6.07) is 3.74. The summed E-state index contributed by atoms with van der Waals surface area (Å²) in [4.78, 5) is 22.8. The van der Waals surface area contributed by atoms with Crippen LogP contribution in [0.1, 0.15) is 37.9 Å². The Hall–Kier alpha value is -2.28. The van der Waals surface area contributed by atoms with Crippen LogP contribution in [0.2, 0.25) is 0 Å². The number of amides is 1. The molecule has 2 fully saturated rings. The van der Waals surface area contributed by atoms with Gasteiger partial charge < -0.3 is 14.2 Å². The number of carbonyl (C=O) groups is 1. The van der Waals surface area contributed by atoms with Gasteiger partial charge in [-0.2, -0.15) is 4.98 Å². The Kier molecular flexibility index (Phi) is 4.72. The molecule has 1 aliphatic carbocycles. The lowest BCUT2D eigenvalue weighted by Crippen LogP contribution is -2.47. The van der Waals surface area contributed by atoms with E-state index in [-0.39, 0.29) is 17.9 Å². The van der Waals surface area contributed by atoms with E-state index in [1.807, 2.05) is 17.0 Å². The molecule has 2 aliphatic rings. The fraction of sp³-hybridized carbons (Fsp3) is 0.579. The van der Waals surface area contributed by atoms with Crippen LogP contribution in [-0.2, 0) is 14.9 Å². The lowest BCUT2D eigenvalue weighted by Gasteiger charge is -2.40. The second-order valence-corrected chi connectivity index (χ2v) is 7.40. The molecule has 1 aliphatic heterocycles. The second-order valence-electron chi connectivity index (χ2n) is 7.40. The Morgan fingerprint density at radius 2 is 2.04 bits per heavy atom. The third kappa shape index (κ3) is 3.49. The minimum absolute atomic E-state index is 0.0538. The number of methoxy groups -OCH3 is 1. The van der Waals surface area contributed by atoms with Crippen molar-refractivity contribution >= 4 is 5.91 Å². The molecule has 138 valence electrons. The molecule has 0 N–H and O–H groups in total. The molecule has 0 spiro atoms. The summed E-state index contributed by atoms with van der Waals surface area (Å²) in [6.07, 6.45) is 8.82. The summed E-state index contributed by atoms with van der Waals surface area (Å²) in [7, 11) is 1.55. The molecule has 2 aromatic heterocycles. The number of hydrogen-bond donors (Lipinski definition) is 0. The first kappa shape index (κ1) is 17.1. The molecule has 7 nitrogen and oxygen atoms in total. The lowest BCUT2D eigenvalue weighted by molar-refractivity contribution is -0.136. The normalized spacial score (nSPS) is 19.5. The molecule has 4 rings (SSSR count). The summed E-state index contributed by atoms with van der Waals surface area (Å²) in [5.74, 6) is 2.13. The van der Waals surface area contributed by atoms with Crippen LogP contribution in [0.3, 0.4) is 0 Å². The largest absolute Gasteiger partial charge is 0.375 e. The first-order valence-corrected chi connectivity index (χ1v) is 9.21. The van der Waals surface area contributed by atoms with Gasteiger partial charge in [-0.25, -0.2) is 0 Å². The molecule has 1 saturated carbocycles. The zero-order valence-corrected chi connectivity index (χ0v) is 15.1. The van der Waals surface area contributed by atoms with Crippen molar-refractivity contribution in [3.05, 3.63) is 30.4 Å². The van der Waals surface area contributed by atoms with Crippen molar-refractivity contribution in [3.63, 3.8) is 0 Å². The maximum Gasteiger partial charge on any atom is 0.258 e. The van der Waals surface area contributed by atoms with Gasteiger partial charge in [-0.15, -0.1) is 0 Å². The standard InChI is InChI=1S/C19H24N4O3/c1-25-13-16(24)23-10-6-19(7-11-23,12-14-2-3-14)18-21-17(26-22-18)15-4-8-20-9-5-15/h4-5,8-9,14H,2-3,6-7,10-13H2,1H3. The van der Waals surface area contributed by atoms with Gasteiger partial charge in [0.1, 0.15) is 6.61 Å². The first-order chi connectivity index (χ1) is 12.7. The quantitative estimate of drug-likeness (QED) is 0.791. The molecule has 3 heterocycles. The number of likely N-dealkylation sites (tertiary alicyclic amines) is 1. The third-order valence-corrected chi connectivity index (χ3v) is 5.55. The summed E-state index contributed by atoms with van der Waals surface area (Å²) >= 11 is 0. The maximum absolute atomic E-state index is 12.1. The molecule has 26 heavy (non-hydrogen) atoms. The number of hydrogen-bond acceptors (Lipinski definition) is 6. The van der Waals surface area contributed by atoms with Gasteiger partial charge >= 0.3 is 0 Å². The third-order valence-electron chi connectivity index (χ3n) is 5.55. The minimum atomic E-state index is -0.0974. The van der Waals surface area contributed by atoms with E-state index < -0.39 is 0 Å². The van der Waals surface area contributed by atoms with Crippen molar-refractivity contribution in [1.82, 2.24) is 20.0 Å². The average molecular weight is 356 g/mol. The number of aromatic nitrogens is 3. The van der Waals surface area contributed by atoms with Crippen LogP contribution in [0.5, 0.6) is 0 Å². The summed E-state index contributed by atoms with van der Waals surface area (Å²) in [5.41, 5.74) is 0.785. The Balaban J connectivity index is 1.54. The number of nitrogens with zero attached hydrogens (tertiary/aromatic N) is 4. The Labute approximate surface area is 152 Å². The highest BCUT2D eigenvalue weighted by Gasteiger charge is 2.44. The predicted octanol–water partition coefficient (Wildman–Crippen LogP) is 2.44. The van der Waals surface area contributed by atoms with E-state index in [9.17, 15) is 4.79 Å². The van der Waals surface area contributed by atoms with Crippen LogP contribution in [0, 0.1) is 5.92 Å². The van der Waals surface area contributed by atoms with Crippen molar-refractivity contribution in [3.8, 4) is 11.5 Å². The Bertz CT molecular complexity index is 749. The molecule has 0 atom stereocenters. The highest BCUT2D eigenvalue weighted by Crippen LogP contribution is 2.46. The van der Waals surface area contributed by atoms with Crippen molar-refractivity contribution in [2.24, 2.45) is 5.92 Å². The van der Waals surface area contributed by atoms with Crippen molar-refractivity contribution in [2.45, 2.75) is 37.5 Å². The Morgan fingerprint density at radius 3 is 2.69 bits per heavy atom. The highest BCUT2D eigenvalue weighted by molar-refractivity contribution is 5.77. The van der Waals surface area contributed by atoms with Crippen molar-refractivity contribution in [2.75, 3.05) is 26.8 Å². The van der Waals surface area contributed by atoms with Crippen molar-refractivity contribution < 1.29 is 14.1 Å². The first-order valence-electron chi connectivity index (χ1n) is 9.21. The van der Waals surface area contributed by atoms with E-state index in [0.717, 1.165) is 36.6 Å². The molecule has 0 unspecified atom stereocenters. The van der Waals surface area contributed by atoms with Crippen LogP contribution in [0.4, 0.5) is 0 Å². The SMILES string of the molecule is COCC(=O)N1CCC(CC2CC2)(c2noc(-c3ccncc3)n2)CC1. The zero-order valence-electron chi connectivity index (χ0n) is 15.1. The van der Waals surface area contributed by atoms with E-state index in [1.54, 1.807) is 19.5 Å². The van der Waals surface area contributed by atoms with E-state index in [1.165, 1.54) is 12.8 Å². The predicted molar refractivity (Wildman–Crippen MR) is 94.2 cm³/mol. The smallest absolute Gasteiger partial charge is 0.258 e. The molecule has 7 heteroatoms.